The Morgan fingerprint density at radius 2 is 1.71 bits per heavy atom. The van der Waals surface area contributed by atoms with Crippen LogP contribution in [0.15, 0.2) is 48.5 Å². The van der Waals surface area contributed by atoms with Crippen molar-refractivity contribution in [2.45, 2.75) is 50.6 Å². The summed E-state index contributed by atoms with van der Waals surface area (Å²) in [6.07, 6.45) is 7.31. The second kappa shape index (κ2) is 9.12. The predicted octanol–water partition coefficient (Wildman–Crippen LogP) is 1.82. The molecular formula is C24H32FIN2. The molecule has 0 saturated carbocycles. The van der Waals surface area contributed by atoms with Crippen LogP contribution in [0.3, 0.4) is 0 Å². The Hall–Kier alpha value is -1.14. The van der Waals surface area contributed by atoms with Gasteiger partial charge in [-0.2, -0.15) is 0 Å². The third kappa shape index (κ3) is 4.70. The van der Waals surface area contributed by atoms with Crippen molar-refractivity contribution in [2.24, 2.45) is 0 Å². The van der Waals surface area contributed by atoms with Gasteiger partial charge in [-0.15, -0.1) is 0 Å². The van der Waals surface area contributed by atoms with Crippen molar-refractivity contribution in [3.8, 4) is 0 Å². The minimum Gasteiger partial charge on any atom is -1.00 e. The summed E-state index contributed by atoms with van der Waals surface area (Å²) < 4.78 is 15.1. The normalized spacial score (nSPS) is 21.0. The lowest BCUT2D eigenvalue weighted by Gasteiger charge is -2.43. The summed E-state index contributed by atoms with van der Waals surface area (Å²) in [7, 11) is 4.75. The molecule has 1 aliphatic carbocycles. The van der Waals surface area contributed by atoms with E-state index in [0.29, 0.717) is 12.1 Å². The summed E-state index contributed by atoms with van der Waals surface area (Å²) in [5, 5.41) is 0. The first-order valence-electron chi connectivity index (χ1n) is 10.4. The average molecular weight is 494 g/mol. The number of halogens is 2. The Morgan fingerprint density at radius 3 is 2.36 bits per heavy atom. The van der Waals surface area contributed by atoms with E-state index >= 15 is 0 Å². The minimum absolute atomic E-state index is 0. The number of anilines is 1. The fraction of sp³-hybridized carbons (Fsp3) is 0.500. The molecule has 1 aliphatic heterocycles. The Labute approximate surface area is 186 Å². The third-order valence-corrected chi connectivity index (χ3v) is 6.82. The van der Waals surface area contributed by atoms with Gasteiger partial charge in [-0.25, -0.2) is 4.39 Å². The number of nitrogens with zero attached hydrogens (tertiary/aromatic N) is 2. The lowest BCUT2D eigenvalue weighted by Crippen LogP contribution is -3.00. The van der Waals surface area contributed by atoms with Crippen molar-refractivity contribution >= 4 is 5.69 Å². The largest absolute Gasteiger partial charge is 1.00 e. The van der Waals surface area contributed by atoms with E-state index in [9.17, 15) is 4.39 Å². The standard InChI is InChI=1S/C24H32FN2.HI/c1-27(2)15-6-5-12-24(27)13-14-26(22-11-7-10-21(25)18-22)23-16-19-8-3-4-9-20(19)17-23;/h3-4,7-11,18,23-24H,5-6,12-17H2,1-2H3;1H/q+1;/p-1. The van der Waals surface area contributed by atoms with Gasteiger partial charge < -0.3 is 33.4 Å². The zero-order valence-electron chi connectivity index (χ0n) is 17.1. The molecule has 1 saturated heterocycles. The molecule has 1 atom stereocenters. The topological polar surface area (TPSA) is 3.24 Å². The highest BCUT2D eigenvalue weighted by Gasteiger charge is 2.33. The van der Waals surface area contributed by atoms with Crippen molar-refractivity contribution in [1.82, 2.24) is 0 Å². The summed E-state index contributed by atoms with van der Waals surface area (Å²) >= 11 is 0. The quantitative estimate of drug-likeness (QED) is 0.453. The van der Waals surface area contributed by atoms with Crippen LogP contribution in [0.1, 0.15) is 36.8 Å². The van der Waals surface area contributed by atoms with Crippen molar-refractivity contribution < 1.29 is 32.9 Å². The highest BCUT2D eigenvalue weighted by atomic mass is 127. The first-order chi connectivity index (χ1) is 13.0. The second-order valence-electron chi connectivity index (χ2n) is 8.94. The maximum absolute atomic E-state index is 14.0. The van der Waals surface area contributed by atoms with Gasteiger partial charge in [0.1, 0.15) is 5.82 Å². The van der Waals surface area contributed by atoms with Gasteiger partial charge in [-0.1, -0.05) is 30.3 Å². The molecule has 2 aromatic carbocycles. The molecule has 1 unspecified atom stereocenters. The van der Waals surface area contributed by atoms with Gasteiger partial charge in [0.2, 0.25) is 0 Å². The lowest BCUT2D eigenvalue weighted by atomic mass is 9.96. The molecule has 4 rings (SSSR count). The van der Waals surface area contributed by atoms with Gasteiger partial charge in [-0.05, 0) is 61.4 Å². The molecule has 4 heteroatoms. The van der Waals surface area contributed by atoms with Crippen LogP contribution in [-0.2, 0) is 12.8 Å². The Bertz CT molecular complexity index is 767. The van der Waals surface area contributed by atoms with E-state index in [0.717, 1.165) is 29.6 Å². The molecular weight excluding hydrogens is 462 g/mol. The smallest absolute Gasteiger partial charge is 0.125 e. The number of fused-ring (bicyclic) bond motifs is 1. The number of hydrogen-bond donors (Lipinski definition) is 0. The van der Waals surface area contributed by atoms with Gasteiger partial charge in [0.15, 0.2) is 0 Å². The zero-order valence-corrected chi connectivity index (χ0v) is 19.2. The molecule has 28 heavy (non-hydrogen) atoms. The van der Waals surface area contributed by atoms with Crippen LogP contribution in [0, 0.1) is 5.82 Å². The number of rotatable bonds is 5. The first kappa shape index (κ1) is 21.6. The molecule has 2 aliphatic rings. The van der Waals surface area contributed by atoms with E-state index in [-0.39, 0.29) is 29.8 Å². The number of quaternary nitrogens is 1. The Balaban J connectivity index is 0.00000225. The van der Waals surface area contributed by atoms with E-state index in [1.165, 1.54) is 43.4 Å². The maximum Gasteiger partial charge on any atom is 0.125 e. The van der Waals surface area contributed by atoms with Crippen molar-refractivity contribution in [1.29, 1.82) is 0 Å². The SMILES string of the molecule is C[N+]1(C)CCCCC1CCN(c1cccc(F)c1)C1Cc2ccccc2C1.[I-]. The van der Waals surface area contributed by atoms with Crippen molar-refractivity contribution in [3.05, 3.63) is 65.5 Å². The lowest BCUT2D eigenvalue weighted by molar-refractivity contribution is -0.920. The molecule has 2 nitrogen and oxygen atoms in total. The molecule has 1 heterocycles. The van der Waals surface area contributed by atoms with Crippen LogP contribution < -0.4 is 28.9 Å². The summed E-state index contributed by atoms with van der Waals surface area (Å²) in [6, 6.07) is 17.1. The fourth-order valence-corrected chi connectivity index (χ4v) is 5.15. The van der Waals surface area contributed by atoms with Gasteiger partial charge >= 0.3 is 0 Å². The van der Waals surface area contributed by atoms with Gasteiger partial charge in [0, 0.05) is 24.7 Å². The molecule has 0 bridgehead atoms. The van der Waals surface area contributed by atoms with E-state index < -0.39 is 0 Å². The van der Waals surface area contributed by atoms with E-state index in [4.69, 9.17) is 0 Å². The molecule has 0 aromatic heterocycles. The van der Waals surface area contributed by atoms with E-state index in [1.807, 2.05) is 6.07 Å². The highest BCUT2D eigenvalue weighted by Crippen LogP contribution is 2.31. The average Bonchev–Trinajstić information content (AvgIpc) is 3.07. The van der Waals surface area contributed by atoms with Crippen LogP contribution >= 0.6 is 0 Å². The minimum atomic E-state index is -0.137. The molecule has 0 radical (unpaired) electrons. The van der Waals surface area contributed by atoms with Crippen molar-refractivity contribution in [3.63, 3.8) is 0 Å². The summed E-state index contributed by atoms with van der Waals surface area (Å²) in [5.41, 5.74) is 3.95. The molecule has 0 amide bonds. The summed E-state index contributed by atoms with van der Waals surface area (Å²) in [6.45, 7) is 2.29. The summed E-state index contributed by atoms with van der Waals surface area (Å²) in [4.78, 5) is 2.48. The van der Waals surface area contributed by atoms with Crippen LogP contribution in [0.5, 0.6) is 0 Å². The van der Waals surface area contributed by atoms with Crippen LogP contribution in [-0.4, -0.2) is 43.8 Å². The monoisotopic (exact) mass is 494 g/mol. The van der Waals surface area contributed by atoms with E-state index in [2.05, 4.69) is 49.3 Å². The van der Waals surface area contributed by atoms with Crippen LogP contribution in [0.25, 0.3) is 0 Å². The second-order valence-corrected chi connectivity index (χ2v) is 8.94. The molecule has 0 N–H and O–H groups in total. The van der Waals surface area contributed by atoms with Gasteiger partial charge in [-0.3, -0.25) is 0 Å². The molecule has 2 aromatic rings. The van der Waals surface area contributed by atoms with Crippen molar-refractivity contribution in [2.75, 3.05) is 32.1 Å². The Kier molecular flexibility index (Phi) is 7.02. The van der Waals surface area contributed by atoms with Crippen LogP contribution in [0.2, 0.25) is 0 Å². The maximum atomic E-state index is 14.0. The third-order valence-electron chi connectivity index (χ3n) is 6.82. The highest BCUT2D eigenvalue weighted by molar-refractivity contribution is 5.50. The number of piperidine rings is 1. The zero-order chi connectivity index (χ0) is 18.9. The number of benzene rings is 2. The predicted molar refractivity (Wildman–Crippen MR) is 111 cm³/mol. The number of hydrogen-bond acceptors (Lipinski definition) is 1. The molecule has 1 fully saturated rings. The van der Waals surface area contributed by atoms with E-state index in [1.54, 1.807) is 12.1 Å². The van der Waals surface area contributed by atoms with Crippen LogP contribution in [0.4, 0.5) is 10.1 Å². The molecule has 152 valence electrons. The number of likely N-dealkylation sites (tertiary alicyclic amines) is 1. The first-order valence-corrected chi connectivity index (χ1v) is 10.4. The van der Waals surface area contributed by atoms with Gasteiger partial charge in [0.25, 0.3) is 0 Å². The fourth-order valence-electron chi connectivity index (χ4n) is 5.15. The van der Waals surface area contributed by atoms with Gasteiger partial charge in [0.05, 0.1) is 26.7 Å². The Morgan fingerprint density at radius 1 is 1.00 bits per heavy atom. The summed E-state index contributed by atoms with van der Waals surface area (Å²) in [5.74, 6) is -0.137. The molecule has 0 spiro atoms.